The standard InChI is InChI=1S/C10H13F2NO.C7H14N4/c1-2-3-4-14-7-5-8(11)10(13)9(12)6-7;1-5-7(9)6(2)11(10-5)4-3-8/h5-6H,2-4,13H2,1H3;3-4,8-9H2,1-2H3. The fourth-order valence-corrected chi connectivity index (χ4v) is 2.03. The molecule has 25 heavy (non-hydrogen) atoms. The quantitative estimate of drug-likeness (QED) is 0.546. The summed E-state index contributed by atoms with van der Waals surface area (Å²) in [4.78, 5) is 0. The molecular weight excluding hydrogens is 328 g/mol. The van der Waals surface area contributed by atoms with Gasteiger partial charge in [-0.1, -0.05) is 13.3 Å². The molecule has 0 atom stereocenters. The molecule has 0 amide bonds. The van der Waals surface area contributed by atoms with E-state index in [2.05, 4.69) is 5.10 Å². The minimum atomic E-state index is -0.781. The molecule has 140 valence electrons. The summed E-state index contributed by atoms with van der Waals surface area (Å²) in [7, 11) is 0. The zero-order valence-electron chi connectivity index (χ0n) is 15.0. The summed E-state index contributed by atoms with van der Waals surface area (Å²) in [6.45, 7) is 7.65. The Labute approximate surface area is 146 Å². The highest BCUT2D eigenvalue weighted by atomic mass is 19.1. The van der Waals surface area contributed by atoms with Gasteiger partial charge in [0.15, 0.2) is 11.6 Å². The Bertz CT molecular complexity index is 665. The summed E-state index contributed by atoms with van der Waals surface area (Å²) in [5, 5.41) is 4.21. The topological polar surface area (TPSA) is 105 Å². The van der Waals surface area contributed by atoms with Gasteiger partial charge in [-0.3, -0.25) is 4.68 Å². The molecule has 2 rings (SSSR count). The maximum absolute atomic E-state index is 12.9. The van der Waals surface area contributed by atoms with Crippen LogP contribution in [0, 0.1) is 25.5 Å². The van der Waals surface area contributed by atoms with Crippen molar-refractivity contribution in [3.63, 3.8) is 0 Å². The van der Waals surface area contributed by atoms with Gasteiger partial charge < -0.3 is 21.9 Å². The van der Waals surface area contributed by atoms with Crippen LogP contribution in [-0.4, -0.2) is 22.9 Å². The molecule has 1 aromatic carbocycles. The first-order valence-corrected chi connectivity index (χ1v) is 8.18. The molecular formula is C17H27F2N5O. The fraction of sp³-hybridized carbons (Fsp3) is 0.471. The van der Waals surface area contributed by atoms with E-state index in [9.17, 15) is 8.78 Å². The number of unbranched alkanes of at least 4 members (excludes halogenated alkanes) is 1. The zero-order chi connectivity index (χ0) is 19.0. The van der Waals surface area contributed by atoms with Gasteiger partial charge in [0.05, 0.1) is 30.2 Å². The molecule has 1 aromatic heterocycles. The molecule has 0 aliphatic carbocycles. The average Bonchev–Trinajstić information content (AvgIpc) is 2.81. The second-order valence-corrected chi connectivity index (χ2v) is 5.60. The van der Waals surface area contributed by atoms with E-state index < -0.39 is 17.3 Å². The Morgan fingerprint density at radius 3 is 2.16 bits per heavy atom. The Morgan fingerprint density at radius 2 is 1.72 bits per heavy atom. The SMILES string of the molecule is CCCCOc1cc(F)c(N)c(F)c1.Cc1nn(CCN)c(C)c1N. The second kappa shape index (κ2) is 9.83. The summed E-state index contributed by atoms with van der Waals surface area (Å²) >= 11 is 0. The van der Waals surface area contributed by atoms with Crippen molar-refractivity contribution in [2.45, 2.75) is 40.2 Å². The second-order valence-electron chi connectivity index (χ2n) is 5.60. The van der Waals surface area contributed by atoms with E-state index in [1.54, 1.807) is 0 Å². The van der Waals surface area contributed by atoms with E-state index in [4.69, 9.17) is 21.9 Å². The van der Waals surface area contributed by atoms with Gasteiger partial charge in [0.2, 0.25) is 0 Å². The molecule has 0 radical (unpaired) electrons. The normalized spacial score (nSPS) is 10.3. The predicted molar refractivity (Wildman–Crippen MR) is 96.3 cm³/mol. The van der Waals surface area contributed by atoms with E-state index in [1.807, 2.05) is 25.5 Å². The maximum Gasteiger partial charge on any atom is 0.152 e. The number of nitrogens with two attached hydrogens (primary N) is 3. The summed E-state index contributed by atoms with van der Waals surface area (Å²) in [5.41, 5.74) is 18.4. The number of nitrogens with zero attached hydrogens (tertiary/aromatic N) is 2. The van der Waals surface area contributed by atoms with Crippen LogP contribution >= 0.6 is 0 Å². The van der Waals surface area contributed by atoms with Crippen molar-refractivity contribution >= 4 is 11.4 Å². The van der Waals surface area contributed by atoms with Crippen LogP contribution in [0.15, 0.2) is 12.1 Å². The third-order valence-corrected chi connectivity index (χ3v) is 3.60. The molecule has 0 bridgehead atoms. The van der Waals surface area contributed by atoms with Crippen LogP contribution in [0.4, 0.5) is 20.2 Å². The number of benzene rings is 1. The lowest BCUT2D eigenvalue weighted by Crippen LogP contribution is -2.12. The van der Waals surface area contributed by atoms with E-state index in [0.29, 0.717) is 13.2 Å². The third kappa shape index (κ3) is 5.90. The number of nitrogen functional groups attached to an aromatic ring is 2. The van der Waals surface area contributed by atoms with Crippen LogP contribution in [0.5, 0.6) is 5.75 Å². The molecule has 6 nitrogen and oxygen atoms in total. The van der Waals surface area contributed by atoms with Gasteiger partial charge in [0, 0.05) is 18.7 Å². The van der Waals surface area contributed by atoms with Crippen LogP contribution in [0.2, 0.25) is 0 Å². The van der Waals surface area contributed by atoms with Gasteiger partial charge in [-0.15, -0.1) is 0 Å². The van der Waals surface area contributed by atoms with Crippen molar-refractivity contribution in [2.75, 3.05) is 24.6 Å². The van der Waals surface area contributed by atoms with Crippen LogP contribution in [0.1, 0.15) is 31.2 Å². The number of aryl methyl sites for hydroxylation is 1. The smallest absolute Gasteiger partial charge is 0.152 e. The molecule has 0 unspecified atom stereocenters. The highest BCUT2D eigenvalue weighted by Crippen LogP contribution is 2.22. The molecule has 2 aromatic rings. The van der Waals surface area contributed by atoms with Crippen molar-refractivity contribution in [3.8, 4) is 5.75 Å². The molecule has 0 saturated heterocycles. The van der Waals surface area contributed by atoms with Crippen LogP contribution < -0.4 is 21.9 Å². The van der Waals surface area contributed by atoms with Gasteiger partial charge in [-0.05, 0) is 20.3 Å². The Balaban J connectivity index is 0.000000257. The van der Waals surface area contributed by atoms with Gasteiger partial charge in [0.25, 0.3) is 0 Å². The van der Waals surface area contributed by atoms with E-state index >= 15 is 0 Å². The first-order valence-electron chi connectivity index (χ1n) is 8.18. The Kier molecular flexibility index (Phi) is 8.13. The first kappa shape index (κ1) is 20.7. The minimum absolute atomic E-state index is 0.183. The van der Waals surface area contributed by atoms with Crippen LogP contribution in [0.3, 0.4) is 0 Å². The lowest BCUT2D eigenvalue weighted by atomic mass is 10.3. The Morgan fingerprint density at radius 1 is 1.12 bits per heavy atom. The first-order chi connectivity index (χ1) is 11.8. The van der Waals surface area contributed by atoms with Gasteiger partial charge in [-0.25, -0.2) is 8.78 Å². The maximum atomic E-state index is 12.9. The van der Waals surface area contributed by atoms with Gasteiger partial charge in [-0.2, -0.15) is 5.10 Å². The van der Waals surface area contributed by atoms with Crippen molar-refractivity contribution in [2.24, 2.45) is 5.73 Å². The van der Waals surface area contributed by atoms with Gasteiger partial charge >= 0.3 is 0 Å². The average molecular weight is 355 g/mol. The van der Waals surface area contributed by atoms with Gasteiger partial charge in [0.1, 0.15) is 11.4 Å². The fourth-order valence-electron chi connectivity index (χ4n) is 2.03. The largest absolute Gasteiger partial charge is 0.493 e. The summed E-state index contributed by atoms with van der Waals surface area (Å²) in [6, 6.07) is 2.18. The number of ether oxygens (including phenoxy) is 1. The zero-order valence-corrected chi connectivity index (χ0v) is 15.0. The van der Waals surface area contributed by atoms with E-state index in [1.165, 1.54) is 0 Å². The molecule has 0 saturated carbocycles. The summed E-state index contributed by atoms with van der Waals surface area (Å²) in [6.07, 6.45) is 1.83. The van der Waals surface area contributed by atoms with Crippen LogP contribution in [0.25, 0.3) is 0 Å². The molecule has 0 aliphatic rings. The van der Waals surface area contributed by atoms with Crippen LogP contribution in [-0.2, 0) is 6.54 Å². The third-order valence-electron chi connectivity index (χ3n) is 3.60. The summed E-state index contributed by atoms with van der Waals surface area (Å²) < 4.78 is 32.8. The van der Waals surface area contributed by atoms with Crippen molar-refractivity contribution in [3.05, 3.63) is 35.2 Å². The molecule has 0 spiro atoms. The highest BCUT2D eigenvalue weighted by Gasteiger charge is 2.08. The number of halogens is 2. The number of hydrogen-bond acceptors (Lipinski definition) is 5. The predicted octanol–water partition coefficient (Wildman–Crippen LogP) is 2.77. The molecule has 0 aliphatic heterocycles. The number of aromatic nitrogens is 2. The van der Waals surface area contributed by atoms with E-state index in [0.717, 1.165) is 48.6 Å². The molecule has 8 heteroatoms. The molecule has 0 fully saturated rings. The van der Waals surface area contributed by atoms with Crippen molar-refractivity contribution in [1.29, 1.82) is 0 Å². The number of anilines is 2. The lowest BCUT2D eigenvalue weighted by molar-refractivity contribution is 0.306. The number of hydrogen-bond donors (Lipinski definition) is 3. The van der Waals surface area contributed by atoms with E-state index in [-0.39, 0.29) is 5.75 Å². The lowest BCUT2D eigenvalue weighted by Gasteiger charge is -2.06. The van der Waals surface area contributed by atoms with Crippen molar-refractivity contribution < 1.29 is 13.5 Å². The molecule has 1 heterocycles. The Hall–Kier alpha value is -2.35. The summed E-state index contributed by atoms with van der Waals surface area (Å²) in [5.74, 6) is -1.38. The molecule has 6 N–H and O–H groups in total. The number of rotatable bonds is 6. The monoisotopic (exact) mass is 355 g/mol. The van der Waals surface area contributed by atoms with Crippen molar-refractivity contribution in [1.82, 2.24) is 9.78 Å². The minimum Gasteiger partial charge on any atom is -0.493 e. The highest BCUT2D eigenvalue weighted by molar-refractivity contribution is 5.46.